The van der Waals surface area contributed by atoms with Gasteiger partial charge in [0.1, 0.15) is 5.82 Å². The third kappa shape index (κ3) is 2.67. The van der Waals surface area contributed by atoms with E-state index in [9.17, 15) is 4.79 Å². The standard InChI is InChI=1S/C12H18N4O/c13-11(17)8-16(9-4-1-2-5-9)10-6-3-7-15-12(10)14/h3,6-7,9H,1-2,4-5,8H2,(H2,13,17)(H2,14,15). The van der Waals surface area contributed by atoms with Gasteiger partial charge in [-0.1, -0.05) is 12.8 Å². The summed E-state index contributed by atoms with van der Waals surface area (Å²) in [5, 5.41) is 0. The van der Waals surface area contributed by atoms with Crippen molar-refractivity contribution in [2.24, 2.45) is 5.73 Å². The fraction of sp³-hybridized carbons (Fsp3) is 0.500. The van der Waals surface area contributed by atoms with E-state index in [0.29, 0.717) is 11.9 Å². The summed E-state index contributed by atoms with van der Waals surface area (Å²) < 4.78 is 0. The maximum absolute atomic E-state index is 11.2. The first-order valence-electron chi connectivity index (χ1n) is 5.94. The molecule has 2 rings (SSSR count). The van der Waals surface area contributed by atoms with E-state index >= 15 is 0 Å². The van der Waals surface area contributed by atoms with Crippen LogP contribution in [0.25, 0.3) is 0 Å². The predicted molar refractivity (Wildman–Crippen MR) is 67.4 cm³/mol. The van der Waals surface area contributed by atoms with E-state index in [0.717, 1.165) is 18.5 Å². The van der Waals surface area contributed by atoms with Crippen molar-refractivity contribution in [3.63, 3.8) is 0 Å². The zero-order valence-corrected chi connectivity index (χ0v) is 9.80. The third-order valence-electron chi connectivity index (χ3n) is 3.22. The Hall–Kier alpha value is -1.78. The lowest BCUT2D eigenvalue weighted by Crippen LogP contribution is -2.40. The molecule has 0 spiro atoms. The first kappa shape index (κ1) is 11.7. The Morgan fingerprint density at radius 3 is 2.76 bits per heavy atom. The predicted octanol–water partition coefficient (Wildman–Crippen LogP) is 0.898. The normalized spacial score (nSPS) is 16.0. The maximum atomic E-state index is 11.2. The van der Waals surface area contributed by atoms with Gasteiger partial charge in [0.25, 0.3) is 0 Å². The van der Waals surface area contributed by atoms with Crippen molar-refractivity contribution in [2.75, 3.05) is 17.2 Å². The summed E-state index contributed by atoms with van der Waals surface area (Å²) in [5.74, 6) is 0.126. The quantitative estimate of drug-likeness (QED) is 0.810. The van der Waals surface area contributed by atoms with E-state index in [1.807, 2.05) is 17.0 Å². The van der Waals surface area contributed by atoms with Crippen LogP contribution in [-0.4, -0.2) is 23.5 Å². The number of hydrogen-bond acceptors (Lipinski definition) is 4. The number of anilines is 2. The molecule has 0 saturated heterocycles. The van der Waals surface area contributed by atoms with E-state index in [2.05, 4.69) is 4.98 Å². The number of aromatic nitrogens is 1. The van der Waals surface area contributed by atoms with Crippen LogP contribution in [0.1, 0.15) is 25.7 Å². The van der Waals surface area contributed by atoms with Gasteiger partial charge in [0.15, 0.2) is 0 Å². The van der Waals surface area contributed by atoms with E-state index in [1.165, 1.54) is 12.8 Å². The number of carbonyl (C=O) groups excluding carboxylic acids is 1. The van der Waals surface area contributed by atoms with Crippen molar-refractivity contribution in [3.8, 4) is 0 Å². The highest BCUT2D eigenvalue weighted by Crippen LogP contribution is 2.30. The molecule has 0 radical (unpaired) electrons. The van der Waals surface area contributed by atoms with Crippen LogP contribution in [0.5, 0.6) is 0 Å². The summed E-state index contributed by atoms with van der Waals surface area (Å²) in [5.41, 5.74) is 12.0. The Bertz CT molecular complexity index is 401. The van der Waals surface area contributed by atoms with Gasteiger partial charge in [0.2, 0.25) is 5.91 Å². The molecule has 1 fully saturated rings. The van der Waals surface area contributed by atoms with Crippen LogP contribution in [0.3, 0.4) is 0 Å². The molecular formula is C12H18N4O. The zero-order chi connectivity index (χ0) is 12.3. The molecule has 1 heterocycles. The number of carbonyl (C=O) groups is 1. The van der Waals surface area contributed by atoms with Gasteiger partial charge in [-0.15, -0.1) is 0 Å². The molecule has 0 aliphatic heterocycles. The number of pyridine rings is 1. The van der Waals surface area contributed by atoms with Crippen LogP contribution in [0, 0.1) is 0 Å². The lowest BCUT2D eigenvalue weighted by molar-refractivity contribution is -0.116. The molecule has 17 heavy (non-hydrogen) atoms. The number of nitrogen functional groups attached to an aromatic ring is 1. The third-order valence-corrected chi connectivity index (χ3v) is 3.22. The number of amides is 1. The molecule has 5 nitrogen and oxygen atoms in total. The van der Waals surface area contributed by atoms with Gasteiger partial charge in [0.05, 0.1) is 12.2 Å². The Kier molecular flexibility index (Phi) is 3.46. The van der Waals surface area contributed by atoms with E-state index in [1.54, 1.807) is 6.20 Å². The summed E-state index contributed by atoms with van der Waals surface area (Å²) >= 11 is 0. The van der Waals surface area contributed by atoms with Gasteiger partial charge in [-0.05, 0) is 25.0 Å². The summed E-state index contributed by atoms with van der Waals surface area (Å²) in [6.07, 6.45) is 6.21. The maximum Gasteiger partial charge on any atom is 0.236 e. The molecule has 92 valence electrons. The zero-order valence-electron chi connectivity index (χ0n) is 9.80. The second kappa shape index (κ2) is 5.03. The van der Waals surface area contributed by atoms with E-state index in [4.69, 9.17) is 11.5 Å². The fourth-order valence-corrected chi connectivity index (χ4v) is 2.45. The second-order valence-corrected chi connectivity index (χ2v) is 4.44. The number of primary amides is 1. The van der Waals surface area contributed by atoms with Crippen molar-refractivity contribution in [1.29, 1.82) is 0 Å². The average molecular weight is 234 g/mol. The van der Waals surface area contributed by atoms with Gasteiger partial charge >= 0.3 is 0 Å². The molecule has 4 N–H and O–H groups in total. The highest BCUT2D eigenvalue weighted by Gasteiger charge is 2.25. The molecule has 1 aromatic rings. The largest absolute Gasteiger partial charge is 0.382 e. The molecule has 0 atom stereocenters. The number of nitrogens with zero attached hydrogens (tertiary/aromatic N) is 2. The monoisotopic (exact) mass is 234 g/mol. The smallest absolute Gasteiger partial charge is 0.236 e. The van der Waals surface area contributed by atoms with Crippen molar-refractivity contribution < 1.29 is 4.79 Å². The summed E-state index contributed by atoms with van der Waals surface area (Å²) in [4.78, 5) is 17.2. The Labute approximate surface area is 101 Å². The molecule has 1 aromatic heterocycles. The van der Waals surface area contributed by atoms with Crippen LogP contribution in [0.4, 0.5) is 11.5 Å². The SMILES string of the molecule is NC(=O)CN(c1cccnc1N)C1CCCC1. The highest BCUT2D eigenvalue weighted by atomic mass is 16.1. The number of nitrogens with two attached hydrogens (primary N) is 2. The molecule has 0 bridgehead atoms. The Morgan fingerprint density at radius 1 is 1.47 bits per heavy atom. The molecule has 1 saturated carbocycles. The van der Waals surface area contributed by atoms with Crippen molar-refractivity contribution in [2.45, 2.75) is 31.7 Å². The molecule has 1 aliphatic carbocycles. The van der Waals surface area contributed by atoms with Crippen LogP contribution < -0.4 is 16.4 Å². The molecule has 1 aliphatic rings. The molecule has 0 aromatic carbocycles. The molecule has 5 heteroatoms. The molecular weight excluding hydrogens is 216 g/mol. The Balaban J connectivity index is 2.25. The van der Waals surface area contributed by atoms with Gasteiger partial charge in [-0.25, -0.2) is 4.98 Å². The topological polar surface area (TPSA) is 85.2 Å². The first-order valence-corrected chi connectivity index (χ1v) is 5.94. The number of rotatable bonds is 4. The second-order valence-electron chi connectivity index (χ2n) is 4.44. The molecule has 1 amide bonds. The van der Waals surface area contributed by atoms with Crippen LogP contribution in [0.15, 0.2) is 18.3 Å². The summed E-state index contributed by atoms with van der Waals surface area (Å²) in [7, 11) is 0. The van der Waals surface area contributed by atoms with Crippen LogP contribution in [0.2, 0.25) is 0 Å². The van der Waals surface area contributed by atoms with Crippen LogP contribution in [-0.2, 0) is 4.79 Å². The highest BCUT2D eigenvalue weighted by molar-refractivity contribution is 5.81. The van der Waals surface area contributed by atoms with Crippen LogP contribution >= 0.6 is 0 Å². The first-order chi connectivity index (χ1) is 8.18. The lowest BCUT2D eigenvalue weighted by Gasteiger charge is -2.30. The van der Waals surface area contributed by atoms with E-state index < -0.39 is 0 Å². The fourth-order valence-electron chi connectivity index (χ4n) is 2.45. The molecule has 0 unspecified atom stereocenters. The summed E-state index contributed by atoms with van der Waals surface area (Å²) in [6.45, 7) is 0.209. The van der Waals surface area contributed by atoms with Gasteiger partial charge < -0.3 is 16.4 Å². The van der Waals surface area contributed by atoms with Crippen molar-refractivity contribution in [3.05, 3.63) is 18.3 Å². The van der Waals surface area contributed by atoms with Gasteiger partial charge in [-0.2, -0.15) is 0 Å². The van der Waals surface area contributed by atoms with E-state index in [-0.39, 0.29) is 12.5 Å². The lowest BCUT2D eigenvalue weighted by atomic mass is 10.2. The van der Waals surface area contributed by atoms with Crippen molar-refractivity contribution in [1.82, 2.24) is 4.98 Å². The Morgan fingerprint density at radius 2 is 2.18 bits per heavy atom. The minimum Gasteiger partial charge on any atom is -0.382 e. The van der Waals surface area contributed by atoms with Gasteiger partial charge in [-0.3, -0.25) is 4.79 Å². The minimum atomic E-state index is -0.333. The van der Waals surface area contributed by atoms with Gasteiger partial charge in [0, 0.05) is 12.2 Å². The number of hydrogen-bond donors (Lipinski definition) is 2. The average Bonchev–Trinajstić information content (AvgIpc) is 2.80. The minimum absolute atomic E-state index is 0.209. The van der Waals surface area contributed by atoms with Crippen molar-refractivity contribution >= 4 is 17.4 Å². The summed E-state index contributed by atoms with van der Waals surface area (Å²) in [6, 6.07) is 4.08.